The molecule has 0 aliphatic rings. The summed E-state index contributed by atoms with van der Waals surface area (Å²) in [5, 5.41) is 2.86. The van der Waals surface area contributed by atoms with Crippen molar-refractivity contribution in [3.63, 3.8) is 0 Å². The number of halogens is 2. The Hall–Kier alpha value is -1.62. The lowest BCUT2D eigenvalue weighted by molar-refractivity contribution is -0.121. The van der Waals surface area contributed by atoms with Gasteiger partial charge in [0.25, 0.3) is 0 Å². The number of hydrogen-bond donors (Lipinski definition) is 2. The highest BCUT2D eigenvalue weighted by molar-refractivity contribution is 5.85. The third-order valence-electron chi connectivity index (χ3n) is 2.96. The summed E-state index contributed by atoms with van der Waals surface area (Å²) in [4.78, 5) is 15.5. The maximum atomic E-state index is 11.5. The minimum absolute atomic E-state index is 0. The molecule has 120 valence electrons. The standard InChI is InChI=1S/C16H19N3O.2ClH/c1-12(17)10-16(20)19-11-13-2-4-14(5-3-13)15-6-8-18-9-7-15;;/h2-9,12H,10-11,17H2,1H3,(H,19,20);2*1H. The molecule has 3 N–H and O–H groups in total. The van der Waals surface area contributed by atoms with Crippen LogP contribution in [0.3, 0.4) is 0 Å². The molecule has 1 atom stereocenters. The highest BCUT2D eigenvalue weighted by atomic mass is 35.5. The molecule has 0 aliphatic carbocycles. The molecule has 4 nitrogen and oxygen atoms in total. The predicted molar refractivity (Wildman–Crippen MR) is 94.3 cm³/mol. The number of nitrogens with two attached hydrogens (primary N) is 1. The Morgan fingerprint density at radius 2 is 1.64 bits per heavy atom. The van der Waals surface area contributed by atoms with Crippen LogP contribution in [0.1, 0.15) is 18.9 Å². The maximum absolute atomic E-state index is 11.5. The summed E-state index contributed by atoms with van der Waals surface area (Å²) in [5.41, 5.74) is 8.92. The molecule has 1 aromatic heterocycles. The zero-order valence-corrected chi connectivity index (χ0v) is 14.0. The number of amides is 1. The summed E-state index contributed by atoms with van der Waals surface area (Å²) in [7, 11) is 0. The van der Waals surface area contributed by atoms with Gasteiger partial charge < -0.3 is 11.1 Å². The number of rotatable bonds is 5. The van der Waals surface area contributed by atoms with Crippen molar-refractivity contribution in [3.8, 4) is 11.1 Å². The summed E-state index contributed by atoms with van der Waals surface area (Å²) < 4.78 is 0. The first kappa shape index (κ1) is 20.4. The van der Waals surface area contributed by atoms with Crippen LogP contribution in [0.25, 0.3) is 11.1 Å². The van der Waals surface area contributed by atoms with Crippen molar-refractivity contribution in [1.29, 1.82) is 0 Å². The van der Waals surface area contributed by atoms with Gasteiger partial charge in [-0.15, -0.1) is 24.8 Å². The van der Waals surface area contributed by atoms with Crippen molar-refractivity contribution < 1.29 is 4.79 Å². The molecule has 1 amide bonds. The summed E-state index contributed by atoms with van der Waals surface area (Å²) >= 11 is 0. The van der Waals surface area contributed by atoms with Gasteiger partial charge in [0.1, 0.15) is 0 Å². The highest BCUT2D eigenvalue weighted by Crippen LogP contribution is 2.18. The number of hydrogen-bond acceptors (Lipinski definition) is 3. The average molecular weight is 342 g/mol. The summed E-state index contributed by atoms with van der Waals surface area (Å²) in [6.45, 7) is 2.35. The van der Waals surface area contributed by atoms with Crippen molar-refractivity contribution in [2.24, 2.45) is 5.73 Å². The monoisotopic (exact) mass is 341 g/mol. The molecular formula is C16H21Cl2N3O. The molecule has 0 bridgehead atoms. The summed E-state index contributed by atoms with van der Waals surface area (Å²) in [5.74, 6) is -0.0155. The van der Waals surface area contributed by atoms with Crippen LogP contribution in [0.15, 0.2) is 48.8 Å². The van der Waals surface area contributed by atoms with E-state index in [9.17, 15) is 4.79 Å². The molecule has 0 fully saturated rings. The summed E-state index contributed by atoms with van der Waals surface area (Å²) in [6, 6.07) is 12.0. The van der Waals surface area contributed by atoms with Crippen LogP contribution in [0.5, 0.6) is 0 Å². The van der Waals surface area contributed by atoms with Crippen LogP contribution in [-0.4, -0.2) is 16.9 Å². The SMILES string of the molecule is CC(N)CC(=O)NCc1ccc(-c2ccncc2)cc1.Cl.Cl. The number of aromatic nitrogens is 1. The molecule has 22 heavy (non-hydrogen) atoms. The Balaban J connectivity index is 0.00000220. The van der Waals surface area contributed by atoms with E-state index in [1.807, 2.05) is 43.3 Å². The molecule has 0 spiro atoms. The van der Waals surface area contributed by atoms with E-state index in [1.54, 1.807) is 12.4 Å². The molecule has 6 heteroatoms. The highest BCUT2D eigenvalue weighted by Gasteiger charge is 2.04. The zero-order valence-electron chi connectivity index (χ0n) is 12.4. The lowest BCUT2D eigenvalue weighted by atomic mass is 10.1. The van der Waals surface area contributed by atoms with E-state index in [0.717, 1.165) is 16.7 Å². The minimum Gasteiger partial charge on any atom is -0.352 e. The van der Waals surface area contributed by atoms with Crippen molar-refractivity contribution in [2.45, 2.75) is 25.9 Å². The second-order valence-electron chi connectivity index (χ2n) is 4.89. The van der Waals surface area contributed by atoms with Gasteiger partial charge in [0.05, 0.1) is 0 Å². The number of nitrogens with one attached hydrogen (secondary N) is 1. The van der Waals surface area contributed by atoms with Crippen LogP contribution in [0, 0.1) is 0 Å². The van der Waals surface area contributed by atoms with Gasteiger partial charge in [-0.3, -0.25) is 9.78 Å². The topological polar surface area (TPSA) is 68.0 Å². The van der Waals surface area contributed by atoms with Crippen LogP contribution >= 0.6 is 24.8 Å². The van der Waals surface area contributed by atoms with Crippen LogP contribution in [0.2, 0.25) is 0 Å². The largest absolute Gasteiger partial charge is 0.352 e. The number of pyridine rings is 1. The van der Waals surface area contributed by atoms with Crippen molar-refractivity contribution in [1.82, 2.24) is 10.3 Å². The normalized spacial score (nSPS) is 10.8. The minimum atomic E-state index is -0.107. The third-order valence-corrected chi connectivity index (χ3v) is 2.96. The first-order valence-electron chi connectivity index (χ1n) is 6.67. The van der Waals surface area contributed by atoms with Crippen LogP contribution < -0.4 is 11.1 Å². The van der Waals surface area contributed by atoms with Crippen molar-refractivity contribution in [2.75, 3.05) is 0 Å². The number of benzene rings is 1. The molecule has 0 aliphatic heterocycles. The van der Waals surface area contributed by atoms with Crippen molar-refractivity contribution in [3.05, 3.63) is 54.4 Å². The van der Waals surface area contributed by atoms with E-state index >= 15 is 0 Å². The second-order valence-corrected chi connectivity index (χ2v) is 4.89. The Morgan fingerprint density at radius 1 is 1.09 bits per heavy atom. The van der Waals surface area contributed by atoms with E-state index in [4.69, 9.17) is 5.73 Å². The van der Waals surface area contributed by atoms with Gasteiger partial charge in [-0.2, -0.15) is 0 Å². The molecule has 2 rings (SSSR count). The first-order chi connectivity index (χ1) is 9.65. The van der Waals surface area contributed by atoms with E-state index in [-0.39, 0.29) is 36.8 Å². The predicted octanol–water partition coefficient (Wildman–Crippen LogP) is 2.95. The molecule has 1 unspecified atom stereocenters. The van der Waals surface area contributed by atoms with Crippen LogP contribution in [-0.2, 0) is 11.3 Å². The van der Waals surface area contributed by atoms with Gasteiger partial charge >= 0.3 is 0 Å². The molecule has 1 aromatic carbocycles. The zero-order chi connectivity index (χ0) is 14.4. The first-order valence-corrected chi connectivity index (χ1v) is 6.67. The number of carbonyl (C=O) groups excluding carboxylic acids is 1. The van der Waals surface area contributed by atoms with Gasteiger partial charge in [-0.1, -0.05) is 24.3 Å². The number of nitrogens with zero attached hydrogens (tertiary/aromatic N) is 1. The van der Waals surface area contributed by atoms with Gasteiger partial charge in [-0.25, -0.2) is 0 Å². The van der Waals surface area contributed by atoms with Crippen molar-refractivity contribution >= 4 is 30.7 Å². The van der Waals surface area contributed by atoms with Gasteiger partial charge in [0.2, 0.25) is 5.91 Å². The van der Waals surface area contributed by atoms with Gasteiger partial charge in [0.15, 0.2) is 0 Å². The van der Waals surface area contributed by atoms with Crippen LogP contribution in [0.4, 0.5) is 0 Å². The smallest absolute Gasteiger partial charge is 0.221 e. The van der Waals surface area contributed by atoms with E-state index < -0.39 is 0 Å². The second kappa shape index (κ2) is 10.2. The summed E-state index contributed by atoms with van der Waals surface area (Å²) in [6.07, 6.45) is 3.91. The fourth-order valence-corrected chi connectivity index (χ4v) is 1.92. The lowest BCUT2D eigenvalue weighted by Gasteiger charge is -2.08. The number of carbonyl (C=O) groups is 1. The molecule has 2 aromatic rings. The Labute approximate surface area is 143 Å². The van der Waals surface area contributed by atoms with Gasteiger partial charge in [-0.05, 0) is 35.7 Å². The molecule has 1 heterocycles. The Kier molecular flexibility index (Phi) is 9.42. The van der Waals surface area contributed by atoms with E-state index in [1.165, 1.54) is 0 Å². The molecule has 0 radical (unpaired) electrons. The maximum Gasteiger partial charge on any atom is 0.221 e. The van der Waals surface area contributed by atoms with Gasteiger partial charge in [0, 0.05) is 31.4 Å². The average Bonchev–Trinajstić information content (AvgIpc) is 2.46. The van der Waals surface area contributed by atoms with E-state index in [2.05, 4.69) is 10.3 Å². The third kappa shape index (κ3) is 6.43. The Bertz CT molecular complexity index is 559. The molecule has 0 saturated heterocycles. The lowest BCUT2D eigenvalue weighted by Crippen LogP contribution is -2.29. The quantitative estimate of drug-likeness (QED) is 0.878. The Morgan fingerprint density at radius 3 is 2.18 bits per heavy atom. The van der Waals surface area contributed by atoms with E-state index in [0.29, 0.717) is 13.0 Å². The fourth-order valence-electron chi connectivity index (χ4n) is 1.92. The molecular weight excluding hydrogens is 321 g/mol. The fraction of sp³-hybridized carbons (Fsp3) is 0.250. The molecule has 0 saturated carbocycles.